The third-order valence-electron chi connectivity index (χ3n) is 3.73. The summed E-state index contributed by atoms with van der Waals surface area (Å²) in [6, 6.07) is 3.92. The van der Waals surface area contributed by atoms with E-state index in [0.29, 0.717) is 6.42 Å². The molecule has 0 bridgehead atoms. The molecule has 3 N–H and O–H groups in total. The number of nitrogens with zero attached hydrogens (tertiary/aromatic N) is 2. The summed E-state index contributed by atoms with van der Waals surface area (Å²) in [6.07, 6.45) is 5.94. The number of primary amides is 1. The molecule has 0 radical (unpaired) electrons. The molecule has 18 heavy (non-hydrogen) atoms. The third kappa shape index (κ3) is 1.41. The minimum absolute atomic E-state index is 0.0850. The van der Waals surface area contributed by atoms with Gasteiger partial charge in [-0.15, -0.1) is 0 Å². The zero-order chi connectivity index (χ0) is 12.8. The second-order valence-corrected chi connectivity index (χ2v) is 4.67. The number of hydrogen-bond acceptors (Lipinski definition) is 4. The average Bonchev–Trinajstić information content (AvgIpc) is 3.14. The maximum Gasteiger partial charge on any atom is 0.231 e. The van der Waals surface area contributed by atoms with Gasteiger partial charge in [-0.1, -0.05) is 0 Å². The number of fused-ring (bicyclic) bond motifs is 1. The van der Waals surface area contributed by atoms with Crippen molar-refractivity contribution in [2.24, 2.45) is 5.73 Å². The van der Waals surface area contributed by atoms with Crippen molar-refractivity contribution in [3.63, 3.8) is 0 Å². The number of nitrogens with one attached hydrogen (secondary N) is 1. The molecule has 5 heteroatoms. The first-order valence-corrected chi connectivity index (χ1v) is 5.86. The third-order valence-corrected chi connectivity index (χ3v) is 3.73. The van der Waals surface area contributed by atoms with Gasteiger partial charge in [-0.25, -0.2) is 0 Å². The molecule has 0 saturated heterocycles. The molecule has 2 aromatic rings. The Morgan fingerprint density at radius 3 is 3.00 bits per heavy atom. The molecule has 2 unspecified atom stereocenters. The van der Waals surface area contributed by atoms with E-state index < -0.39 is 5.41 Å². The van der Waals surface area contributed by atoms with Crippen molar-refractivity contribution in [3.05, 3.63) is 36.4 Å². The van der Waals surface area contributed by atoms with E-state index in [1.165, 1.54) is 0 Å². The Kier molecular flexibility index (Phi) is 2.31. The lowest BCUT2D eigenvalue weighted by molar-refractivity contribution is -0.120. The first-order chi connectivity index (χ1) is 8.68. The molecule has 0 aromatic carbocycles. The Hall–Kier alpha value is -2.01. The van der Waals surface area contributed by atoms with Crippen molar-refractivity contribution in [3.8, 4) is 0 Å². The number of pyridine rings is 2. The topological polar surface area (TPSA) is 80.9 Å². The summed E-state index contributed by atoms with van der Waals surface area (Å²) in [5, 5.41) is 5.09. The Bertz CT molecular complexity index is 627. The monoisotopic (exact) mass is 242 g/mol. The summed E-state index contributed by atoms with van der Waals surface area (Å²) in [6.45, 7) is 0. The molecule has 1 amide bonds. The number of carbonyl (C=O) groups is 1. The molecule has 2 atom stereocenters. The van der Waals surface area contributed by atoms with Gasteiger partial charge in [0.05, 0.1) is 5.69 Å². The second-order valence-electron chi connectivity index (χ2n) is 4.67. The molecule has 92 valence electrons. The smallest absolute Gasteiger partial charge is 0.231 e. The van der Waals surface area contributed by atoms with Gasteiger partial charge in [-0.05, 0) is 31.0 Å². The number of nitrogens with two attached hydrogens (primary N) is 1. The summed E-state index contributed by atoms with van der Waals surface area (Å²) in [5.74, 6) is -0.317. The molecule has 2 aromatic heterocycles. The first kappa shape index (κ1) is 11.1. The lowest BCUT2D eigenvalue weighted by atomic mass is 9.98. The molecule has 1 saturated carbocycles. The van der Waals surface area contributed by atoms with Gasteiger partial charge in [0.15, 0.2) is 0 Å². The maximum atomic E-state index is 11.7. The highest BCUT2D eigenvalue weighted by Gasteiger charge is 2.60. The molecule has 1 aliphatic carbocycles. The van der Waals surface area contributed by atoms with Crippen LogP contribution in [-0.2, 0) is 10.2 Å². The summed E-state index contributed by atoms with van der Waals surface area (Å²) in [5.41, 5.74) is 5.64. The van der Waals surface area contributed by atoms with Crippen molar-refractivity contribution in [1.82, 2.24) is 15.3 Å². The van der Waals surface area contributed by atoms with E-state index in [9.17, 15) is 4.79 Å². The fraction of sp³-hybridized carbons (Fsp3) is 0.308. The SMILES string of the molecule is CNC1CC1(C(N)=O)c1cc2ccncc2cn1. The van der Waals surface area contributed by atoms with E-state index in [-0.39, 0.29) is 11.9 Å². The second kappa shape index (κ2) is 3.74. The van der Waals surface area contributed by atoms with Gasteiger partial charge in [0, 0.05) is 30.0 Å². The Morgan fingerprint density at radius 2 is 2.33 bits per heavy atom. The number of likely N-dealkylation sites (N-methyl/N-ethyl adjacent to an activating group) is 1. The number of aromatic nitrogens is 2. The van der Waals surface area contributed by atoms with Crippen LogP contribution >= 0.6 is 0 Å². The standard InChI is InChI=1S/C13H14N4O/c1-15-11-5-13(11,12(14)18)10-4-8-2-3-16-6-9(8)7-17-10/h2-4,6-7,11,15H,5H2,1H3,(H2,14,18). The van der Waals surface area contributed by atoms with Crippen LogP contribution < -0.4 is 11.1 Å². The zero-order valence-corrected chi connectivity index (χ0v) is 10.1. The molecular weight excluding hydrogens is 228 g/mol. The van der Waals surface area contributed by atoms with E-state index in [4.69, 9.17) is 5.73 Å². The van der Waals surface area contributed by atoms with Gasteiger partial charge >= 0.3 is 0 Å². The Morgan fingerprint density at radius 1 is 1.50 bits per heavy atom. The van der Waals surface area contributed by atoms with Crippen molar-refractivity contribution < 1.29 is 4.79 Å². The summed E-state index contributed by atoms with van der Waals surface area (Å²) < 4.78 is 0. The van der Waals surface area contributed by atoms with Gasteiger partial charge in [0.25, 0.3) is 0 Å². The molecule has 5 nitrogen and oxygen atoms in total. The highest BCUT2D eigenvalue weighted by Crippen LogP contribution is 2.47. The molecule has 1 aliphatic rings. The van der Waals surface area contributed by atoms with Crippen LogP contribution in [0.1, 0.15) is 12.1 Å². The first-order valence-electron chi connectivity index (χ1n) is 5.86. The number of hydrogen-bond donors (Lipinski definition) is 2. The van der Waals surface area contributed by atoms with Crippen LogP contribution in [0.15, 0.2) is 30.7 Å². The minimum Gasteiger partial charge on any atom is -0.369 e. The van der Waals surface area contributed by atoms with Gasteiger partial charge in [0.1, 0.15) is 5.41 Å². The van der Waals surface area contributed by atoms with Crippen LogP contribution in [0.4, 0.5) is 0 Å². The van der Waals surface area contributed by atoms with Crippen LogP contribution in [0.25, 0.3) is 10.8 Å². The summed E-state index contributed by atoms with van der Waals surface area (Å²) in [4.78, 5) is 20.1. The fourth-order valence-corrected chi connectivity index (χ4v) is 2.52. The maximum absolute atomic E-state index is 11.7. The molecular formula is C13H14N4O. The van der Waals surface area contributed by atoms with E-state index in [2.05, 4.69) is 15.3 Å². The van der Waals surface area contributed by atoms with Crippen LogP contribution in [0.3, 0.4) is 0 Å². The van der Waals surface area contributed by atoms with Crippen molar-refractivity contribution in [1.29, 1.82) is 0 Å². The van der Waals surface area contributed by atoms with Gasteiger partial charge in [-0.2, -0.15) is 0 Å². The van der Waals surface area contributed by atoms with Gasteiger partial charge < -0.3 is 11.1 Å². The van der Waals surface area contributed by atoms with Gasteiger partial charge in [0.2, 0.25) is 5.91 Å². The number of rotatable bonds is 3. The van der Waals surface area contributed by atoms with Crippen molar-refractivity contribution in [2.75, 3.05) is 7.05 Å². The zero-order valence-electron chi connectivity index (χ0n) is 10.1. The van der Waals surface area contributed by atoms with E-state index >= 15 is 0 Å². The van der Waals surface area contributed by atoms with Crippen LogP contribution in [-0.4, -0.2) is 29.0 Å². The Balaban J connectivity index is 2.12. The molecule has 2 heterocycles. The molecule has 0 aliphatic heterocycles. The molecule has 1 fully saturated rings. The van der Waals surface area contributed by atoms with Crippen molar-refractivity contribution >= 4 is 16.7 Å². The normalized spacial score (nSPS) is 26.2. The number of amides is 1. The van der Waals surface area contributed by atoms with Gasteiger partial charge in [-0.3, -0.25) is 14.8 Å². The highest BCUT2D eigenvalue weighted by molar-refractivity contribution is 5.92. The van der Waals surface area contributed by atoms with Crippen molar-refractivity contribution in [2.45, 2.75) is 17.9 Å². The van der Waals surface area contributed by atoms with E-state index in [0.717, 1.165) is 16.5 Å². The van der Waals surface area contributed by atoms with Crippen LogP contribution in [0, 0.1) is 0 Å². The predicted octanol–water partition coefficient (Wildman–Crippen LogP) is 0.345. The van der Waals surface area contributed by atoms with E-state index in [1.807, 2.05) is 19.2 Å². The Labute approximate surface area is 104 Å². The predicted molar refractivity (Wildman–Crippen MR) is 67.9 cm³/mol. The van der Waals surface area contributed by atoms with Crippen LogP contribution in [0.2, 0.25) is 0 Å². The lowest BCUT2D eigenvalue weighted by Crippen LogP contribution is -2.36. The van der Waals surface area contributed by atoms with E-state index in [1.54, 1.807) is 18.6 Å². The highest BCUT2D eigenvalue weighted by atomic mass is 16.1. The largest absolute Gasteiger partial charge is 0.369 e. The minimum atomic E-state index is -0.647. The summed E-state index contributed by atoms with van der Waals surface area (Å²) >= 11 is 0. The molecule has 0 spiro atoms. The lowest BCUT2D eigenvalue weighted by Gasteiger charge is -2.13. The quantitative estimate of drug-likeness (QED) is 0.813. The number of carbonyl (C=O) groups excluding carboxylic acids is 1. The average molecular weight is 242 g/mol. The fourth-order valence-electron chi connectivity index (χ4n) is 2.52. The summed E-state index contributed by atoms with van der Waals surface area (Å²) in [7, 11) is 1.83. The molecule has 3 rings (SSSR count). The van der Waals surface area contributed by atoms with Crippen LogP contribution in [0.5, 0.6) is 0 Å².